The lowest BCUT2D eigenvalue weighted by Crippen LogP contribution is -2.05. The van der Waals surface area contributed by atoms with Gasteiger partial charge in [-0.15, -0.1) is 0 Å². The van der Waals surface area contributed by atoms with Crippen LogP contribution in [0.3, 0.4) is 0 Å². The summed E-state index contributed by atoms with van der Waals surface area (Å²) >= 11 is 0. The van der Waals surface area contributed by atoms with Crippen molar-refractivity contribution in [2.24, 2.45) is 0 Å². The standard InChI is InChI=1S/C11H10N6/c1-2-9(16-14-4-1)8-13-11-10-3-5-15-17(10)7-6-12-11/h1-7H,8H2,(H,12,13). The largest absolute Gasteiger partial charge is 0.363 e. The predicted octanol–water partition coefficient (Wildman–Crippen LogP) is 1.13. The molecule has 0 spiro atoms. The number of rotatable bonds is 3. The second kappa shape index (κ2) is 4.17. The van der Waals surface area contributed by atoms with Gasteiger partial charge in [-0.2, -0.15) is 15.3 Å². The molecule has 6 nitrogen and oxygen atoms in total. The number of hydrogen-bond acceptors (Lipinski definition) is 5. The molecule has 0 bridgehead atoms. The molecule has 0 saturated carbocycles. The molecular formula is C11H10N6. The Hall–Kier alpha value is -2.50. The number of nitrogens with one attached hydrogen (secondary N) is 1. The maximum Gasteiger partial charge on any atom is 0.152 e. The Balaban J connectivity index is 1.84. The van der Waals surface area contributed by atoms with Crippen molar-refractivity contribution < 1.29 is 0 Å². The summed E-state index contributed by atoms with van der Waals surface area (Å²) < 4.78 is 1.77. The van der Waals surface area contributed by atoms with Crippen LogP contribution in [0.5, 0.6) is 0 Å². The molecule has 6 heteroatoms. The Morgan fingerprint density at radius 3 is 3.06 bits per heavy atom. The first-order valence-electron chi connectivity index (χ1n) is 5.22. The van der Waals surface area contributed by atoms with Crippen LogP contribution in [0.4, 0.5) is 5.82 Å². The Labute approximate surface area is 97.3 Å². The number of hydrogen-bond donors (Lipinski definition) is 1. The monoisotopic (exact) mass is 226 g/mol. The SMILES string of the molecule is c1cnnc(CNc2nccn3nccc23)c1. The van der Waals surface area contributed by atoms with E-state index in [1.165, 1.54) is 0 Å². The first kappa shape index (κ1) is 9.71. The normalized spacial score (nSPS) is 10.6. The molecule has 0 aliphatic rings. The number of aromatic nitrogens is 5. The van der Waals surface area contributed by atoms with Crippen LogP contribution in [-0.2, 0) is 6.54 Å². The van der Waals surface area contributed by atoms with Crippen molar-refractivity contribution in [2.75, 3.05) is 5.32 Å². The van der Waals surface area contributed by atoms with Gasteiger partial charge in [0.25, 0.3) is 0 Å². The lowest BCUT2D eigenvalue weighted by Gasteiger charge is -2.05. The predicted molar refractivity (Wildman–Crippen MR) is 62.3 cm³/mol. The maximum absolute atomic E-state index is 4.27. The minimum Gasteiger partial charge on any atom is -0.363 e. The summed E-state index contributed by atoms with van der Waals surface area (Å²) in [6.45, 7) is 0.589. The number of anilines is 1. The first-order chi connectivity index (χ1) is 8.43. The molecule has 3 aromatic rings. The molecule has 0 atom stereocenters. The van der Waals surface area contributed by atoms with Crippen LogP contribution in [0.2, 0.25) is 0 Å². The van der Waals surface area contributed by atoms with E-state index in [9.17, 15) is 0 Å². The van der Waals surface area contributed by atoms with Gasteiger partial charge < -0.3 is 5.32 Å². The van der Waals surface area contributed by atoms with Gasteiger partial charge in [0.15, 0.2) is 5.82 Å². The molecule has 0 aliphatic carbocycles. The number of nitrogens with zero attached hydrogens (tertiary/aromatic N) is 5. The van der Waals surface area contributed by atoms with E-state index in [0.717, 1.165) is 17.0 Å². The van der Waals surface area contributed by atoms with E-state index in [4.69, 9.17) is 0 Å². The van der Waals surface area contributed by atoms with Gasteiger partial charge in [-0.25, -0.2) is 9.50 Å². The molecule has 0 saturated heterocycles. The summed E-state index contributed by atoms with van der Waals surface area (Å²) in [5.41, 5.74) is 1.81. The summed E-state index contributed by atoms with van der Waals surface area (Å²) in [5.74, 6) is 0.788. The molecule has 0 radical (unpaired) electrons. The lowest BCUT2D eigenvalue weighted by molar-refractivity contribution is 0.911. The van der Waals surface area contributed by atoms with E-state index in [1.807, 2.05) is 24.4 Å². The number of fused-ring (bicyclic) bond motifs is 1. The second-order valence-electron chi connectivity index (χ2n) is 3.51. The molecule has 1 N–H and O–H groups in total. The highest BCUT2D eigenvalue weighted by molar-refractivity contribution is 5.66. The van der Waals surface area contributed by atoms with E-state index in [2.05, 4.69) is 25.6 Å². The van der Waals surface area contributed by atoms with Crippen molar-refractivity contribution in [2.45, 2.75) is 6.54 Å². The average molecular weight is 226 g/mol. The third kappa shape index (κ3) is 1.92. The van der Waals surface area contributed by atoms with Gasteiger partial charge >= 0.3 is 0 Å². The Morgan fingerprint density at radius 1 is 1.18 bits per heavy atom. The molecule has 0 aliphatic heterocycles. The third-order valence-electron chi connectivity index (χ3n) is 2.39. The summed E-state index contributed by atoms with van der Waals surface area (Å²) in [4.78, 5) is 4.27. The minimum atomic E-state index is 0.589. The van der Waals surface area contributed by atoms with Crippen molar-refractivity contribution in [3.63, 3.8) is 0 Å². The van der Waals surface area contributed by atoms with Crippen LogP contribution >= 0.6 is 0 Å². The van der Waals surface area contributed by atoms with Gasteiger partial charge in [0, 0.05) is 18.6 Å². The fourth-order valence-corrected chi connectivity index (χ4v) is 1.60. The van der Waals surface area contributed by atoms with Crippen LogP contribution in [0.25, 0.3) is 5.52 Å². The smallest absolute Gasteiger partial charge is 0.152 e. The van der Waals surface area contributed by atoms with Crippen molar-refractivity contribution >= 4 is 11.3 Å². The van der Waals surface area contributed by atoms with Crippen LogP contribution in [0.1, 0.15) is 5.69 Å². The zero-order chi connectivity index (χ0) is 11.5. The van der Waals surface area contributed by atoms with Gasteiger partial charge in [0.05, 0.1) is 18.4 Å². The highest BCUT2D eigenvalue weighted by Gasteiger charge is 2.02. The Bertz CT molecular complexity index is 618. The molecular weight excluding hydrogens is 216 g/mol. The van der Waals surface area contributed by atoms with Gasteiger partial charge in [0.1, 0.15) is 5.52 Å². The second-order valence-corrected chi connectivity index (χ2v) is 3.51. The van der Waals surface area contributed by atoms with Crippen LogP contribution < -0.4 is 5.32 Å². The van der Waals surface area contributed by atoms with Crippen molar-refractivity contribution in [3.05, 3.63) is 48.7 Å². The van der Waals surface area contributed by atoms with Gasteiger partial charge in [-0.3, -0.25) is 0 Å². The maximum atomic E-state index is 4.27. The quantitative estimate of drug-likeness (QED) is 0.725. The molecule has 0 aromatic carbocycles. The molecule has 0 fully saturated rings. The molecule has 84 valence electrons. The van der Waals surface area contributed by atoms with E-state index in [0.29, 0.717) is 6.54 Å². The lowest BCUT2D eigenvalue weighted by atomic mass is 10.4. The van der Waals surface area contributed by atoms with Gasteiger partial charge in [-0.1, -0.05) is 0 Å². The van der Waals surface area contributed by atoms with E-state index in [-0.39, 0.29) is 0 Å². The molecule has 0 amide bonds. The minimum absolute atomic E-state index is 0.589. The summed E-state index contributed by atoms with van der Waals surface area (Å²) in [6, 6.07) is 5.68. The van der Waals surface area contributed by atoms with Crippen molar-refractivity contribution in [1.29, 1.82) is 0 Å². The molecule has 0 unspecified atom stereocenters. The van der Waals surface area contributed by atoms with E-state index in [1.54, 1.807) is 23.1 Å². The van der Waals surface area contributed by atoms with Crippen LogP contribution in [0, 0.1) is 0 Å². The highest BCUT2D eigenvalue weighted by Crippen LogP contribution is 2.12. The average Bonchev–Trinajstić information content (AvgIpc) is 2.86. The fourth-order valence-electron chi connectivity index (χ4n) is 1.60. The molecule has 3 rings (SSSR count). The van der Waals surface area contributed by atoms with Crippen LogP contribution in [-0.4, -0.2) is 24.8 Å². The summed E-state index contributed by atoms with van der Waals surface area (Å²) in [5, 5.41) is 15.2. The molecule has 3 heterocycles. The Kier molecular flexibility index (Phi) is 2.38. The van der Waals surface area contributed by atoms with Crippen molar-refractivity contribution in [1.82, 2.24) is 24.8 Å². The van der Waals surface area contributed by atoms with Gasteiger partial charge in [0.2, 0.25) is 0 Å². The zero-order valence-corrected chi connectivity index (χ0v) is 8.98. The van der Waals surface area contributed by atoms with Gasteiger partial charge in [-0.05, 0) is 18.2 Å². The zero-order valence-electron chi connectivity index (χ0n) is 8.98. The summed E-state index contributed by atoms with van der Waals surface area (Å²) in [7, 11) is 0. The topological polar surface area (TPSA) is 68.0 Å². The van der Waals surface area contributed by atoms with Crippen LogP contribution in [0.15, 0.2) is 43.0 Å². The fraction of sp³-hybridized carbons (Fsp3) is 0.0909. The van der Waals surface area contributed by atoms with E-state index >= 15 is 0 Å². The highest BCUT2D eigenvalue weighted by atomic mass is 15.2. The summed E-state index contributed by atoms with van der Waals surface area (Å²) in [6.07, 6.45) is 6.91. The van der Waals surface area contributed by atoms with Crippen molar-refractivity contribution in [3.8, 4) is 0 Å². The molecule has 17 heavy (non-hydrogen) atoms. The van der Waals surface area contributed by atoms with E-state index < -0.39 is 0 Å². The third-order valence-corrected chi connectivity index (χ3v) is 2.39. The Morgan fingerprint density at radius 2 is 2.18 bits per heavy atom. The first-order valence-corrected chi connectivity index (χ1v) is 5.22. The molecule has 3 aromatic heterocycles.